The highest BCUT2D eigenvalue weighted by Gasteiger charge is 2.32. The average molecular weight is 488 g/mol. The summed E-state index contributed by atoms with van der Waals surface area (Å²) >= 11 is 0. The topological polar surface area (TPSA) is 274 Å². The fourth-order valence-electron chi connectivity index (χ4n) is 2.60. The minimum absolute atomic E-state index is 0.323. The molecule has 0 aliphatic heterocycles. The van der Waals surface area contributed by atoms with Gasteiger partial charge in [-0.05, 0) is 18.8 Å². The third-order valence-corrected chi connectivity index (χ3v) is 4.64. The maximum Gasteiger partial charge on any atom is 0.326 e. The second-order valence-electron chi connectivity index (χ2n) is 7.90. The fraction of sp³-hybridized carbons (Fsp3) is 0.632. The maximum atomic E-state index is 12.7. The SMILES string of the molecule is CC(C)C(N)C(=O)NC(CC(=O)O)C(=O)NC(CCC(N)=O)C(=O)NC(CCC(N)=O)C(=O)O. The van der Waals surface area contributed by atoms with E-state index >= 15 is 0 Å². The van der Waals surface area contributed by atoms with Gasteiger partial charge in [-0.2, -0.15) is 0 Å². The van der Waals surface area contributed by atoms with Crippen molar-refractivity contribution in [3.8, 4) is 0 Å². The Morgan fingerprint density at radius 1 is 0.706 bits per heavy atom. The Kier molecular flexibility index (Phi) is 12.8. The van der Waals surface area contributed by atoms with Crippen molar-refractivity contribution in [3.63, 3.8) is 0 Å². The van der Waals surface area contributed by atoms with Crippen molar-refractivity contribution in [1.29, 1.82) is 0 Å². The highest BCUT2D eigenvalue weighted by molar-refractivity contribution is 5.96. The highest BCUT2D eigenvalue weighted by Crippen LogP contribution is 2.05. The molecule has 0 aliphatic carbocycles. The molecule has 0 saturated carbocycles. The minimum Gasteiger partial charge on any atom is -0.481 e. The van der Waals surface area contributed by atoms with E-state index in [4.69, 9.17) is 22.3 Å². The number of nitrogens with one attached hydrogen (secondary N) is 3. The molecule has 0 fully saturated rings. The van der Waals surface area contributed by atoms with E-state index in [0.29, 0.717) is 0 Å². The molecule has 0 spiro atoms. The molecule has 192 valence electrons. The lowest BCUT2D eigenvalue weighted by atomic mass is 10.0. The van der Waals surface area contributed by atoms with E-state index in [2.05, 4.69) is 16.0 Å². The Balaban J connectivity index is 5.61. The Morgan fingerprint density at radius 3 is 1.53 bits per heavy atom. The summed E-state index contributed by atoms with van der Waals surface area (Å²) in [7, 11) is 0. The summed E-state index contributed by atoms with van der Waals surface area (Å²) in [6.07, 6.45) is -2.27. The highest BCUT2D eigenvalue weighted by atomic mass is 16.4. The smallest absolute Gasteiger partial charge is 0.326 e. The predicted octanol–water partition coefficient (Wildman–Crippen LogP) is -3.49. The molecule has 0 aliphatic rings. The Bertz CT molecular complexity index is 801. The van der Waals surface area contributed by atoms with E-state index in [9.17, 15) is 38.7 Å². The lowest BCUT2D eigenvalue weighted by Crippen LogP contribution is -2.58. The zero-order chi connectivity index (χ0) is 26.6. The van der Waals surface area contributed by atoms with Crippen molar-refractivity contribution in [2.24, 2.45) is 23.1 Å². The van der Waals surface area contributed by atoms with Crippen LogP contribution in [0.4, 0.5) is 0 Å². The van der Waals surface area contributed by atoms with Crippen LogP contribution >= 0.6 is 0 Å². The summed E-state index contributed by atoms with van der Waals surface area (Å²) in [4.78, 5) is 82.2. The minimum atomic E-state index is -1.62. The number of carbonyl (C=O) groups excluding carboxylic acids is 5. The summed E-state index contributed by atoms with van der Waals surface area (Å²) in [5.41, 5.74) is 15.8. The summed E-state index contributed by atoms with van der Waals surface area (Å²) < 4.78 is 0. The van der Waals surface area contributed by atoms with Crippen molar-refractivity contribution in [1.82, 2.24) is 16.0 Å². The number of aliphatic carboxylic acids is 2. The van der Waals surface area contributed by atoms with Crippen LogP contribution < -0.4 is 33.2 Å². The zero-order valence-corrected chi connectivity index (χ0v) is 18.9. The van der Waals surface area contributed by atoms with E-state index < -0.39 is 72.1 Å². The molecule has 0 radical (unpaired) electrons. The van der Waals surface area contributed by atoms with Gasteiger partial charge in [0.2, 0.25) is 29.5 Å². The lowest BCUT2D eigenvalue weighted by molar-refractivity contribution is -0.143. The Morgan fingerprint density at radius 2 is 1.12 bits per heavy atom. The molecule has 5 amide bonds. The molecule has 0 aromatic rings. The number of carbonyl (C=O) groups is 7. The summed E-state index contributed by atoms with van der Waals surface area (Å²) in [6.45, 7) is 3.27. The van der Waals surface area contributed by atoms with Crippen LogP contribution in [0.3, 0.4) is 0 Å². The van der Waals surface area contributed by atoms with Gasteiger partial charge in [0.15, 0.2) is 0 Å². The molecule has 0 bridgehead atoms. The van der Waals surface area contributed by atoms with Crippen molar-refractivity contribution in [2.75, 3.05) is 0 Å². The molecular weight excluding hydrogens is 456 g/mol. The molecular formula is C19H32N6O9. The number of nitrogens with two attached hydrogens (primary N) is 3. The lowest BCUT2D eigenvalue weighted by Gasteiger charge is -2.25. The molecule has 0 aromatic carbocycles. The van der Waals surface area contributed by atoms with E-state index in [-0.39, 0.29) is 31.6 Å². The molecule has 15 nitrogen and oxygen atoms in total. The maximum absolute atomic E-state index is 12.7. The van der Waals surface area contributed by atoms with Gasteiger partial charge < -0.3 is 43.4 Å². The van der Waals surface area contributed by atoms with Gasteiger partial charge in [0.05, 0.1) is 12.5 Å². The molecule has 4 unspecified atom stereocenters. The zero-order valence-electron chi connectivity index (χ0n) is 18.9. The number of carboxylic acid groups (broad SMARTS) is 2. The third-order valence-electron chi connectivity index (χ3n) is 4.64. The number of hydrogen-bond acceptors (Lipinski definition) is 8. The van der Waals surface area contributed by atoms with Crippen LogP contribution in [0.2, 0.25) is 0 Å². The van der Waals surface area contributed by atoms with Gasteiger partial charge in [0.25, 0.3) is 0 Å². The van der Waals surface area contributed by atoms with Gasteiger partial charge in [-0.25, -0.2) is 4.79 Å². The van der Waals surface area contributed by atoms with E-state index in [1.54, 1.807) is 13.8 Å². The number of rotatable bonds is 16. The first-order chi connectivity index (χ1) is 15.6. The first-order valence-electron chi connectivity index (χ1n) is 10.3. The molecule has 0 aromatic heterocycles. The Hall–Kier alpha value is -3.75. The van der Waals surface area contributed by atoms with Crippen LogP contribution in [0.1, 0.15) is 46.0 Å². The second kappa shape index (κ2) is 14.4. The molecule has 34 heavy (non-hydrogen) atoms. The van der Waals surface area contributed by atoms with E-state index in [1.807, 2.05) is 0 Å². The van der Waals surface area contributed by atoms with Crippen molar-refractivity contribution < 1.29 is 43.8 Å². The fourth-order valence-corrected chi connectivity index (χ4v) is 2.60. The van der Waals surface area contributed by atoms with Crippen LogP contribution in [0.25, 0.3) is 0 Å². The normalized spacial score (nSPS) is 14.2. The van der Waals surface area contributed by atoms with Crippen molar-refractivity contribution in [2.45, 2.75) is 70.1 Å². The standard InChI is InChI=1S/C19H32N6O9/c1-8(2)15(22)18(32)25-11(7-14(28)29)17(31)23-9(3-5-12(20)26)16(30)24-10(19(33)34)4-6-13(21)27/h8-11,15H,3-7,22H2,1-2H3,(H2,20,26)(H2,21,27)(H,23,31)(H,24,30)(H,25,32)(H,28,29)(H,33,34). The van der Waals surface area contributed by atoms with Gasteiger partial charge in [-0.1, -0.05) is 13.8 Å². The van der Waals surface area contributed by atoms with Crippen molar-refractivity contribution >= 4 is 41.5 Å². The van der Waals surface area contributed by atoms with Crippen molar-refractivity contribution in [3.05, 3.63) is 0 Å². The van der Waals surface area contributed by atoms with Crippen LogP contribution in [0.5, 0.6) is 0 Å². The van der Waals surface area contributed by atoms with E-state index in [0.717, 1.165) is 0 Å². The predicted molar refractivity (Wildman–Crippen MR) is 115 cm³/mol. The van der Waals surface area contributed by atoms with Gasteiger partial charge >= 0.3 is 11.9 Å². The van der Waals surface area contributed by atoms with E-state index in [1.165, 1.54) is 0 Å². The first-order valence-corrected chi connectivity index (χ1v) is 10.3. The summed E-state index contributed by atoms with van der Waals surface area (Å²) in [6, 6.07) is -5.71. The molecule has 11 N–H and O–H groups in total. The number of amides is 5. The van der Waals surface area contributed by atoms with Gasteiger partial charge in [-0.15, -0.1) is 0 Å². The quantitative estimate of drug-likeness (QED) is 0.106. The Labute approximate surface area is 195 Å². The molecule has 4 atom stereocenters. The van der Waals surface area contributed by atoms with Crippen LogP contribution in [-0.4, -0.2) is 75.9 Å². The van der Waals surface area contributed by atoms with Crippen LogP contribution in [-0.2, 0) is 33.6 Å². The average Bonchev–Trinajstić information content (AvgIpc) is 2.71. The molecule has 15 heteroatoms. The number of carboxylic acids is 2. The summed E-state index contributed by atoms with van der Waals surface area (Å²) in [5, 5.41) is 24.9. The number of hydrogen-bond donors (Lipinski definition) is 8. The first kappa shape index (κ1) is 30.2. The largest absolute Gasteiger partial charge is 0.481 e. The van der Waals surface area contributed by atoms with Gasteiger partial charge in [-0.3, -0.25) is 28.8 Å². The van der Waals surface area contributed by atoms with Crippen LogP contribution in [0, 0.1) is 5.92 Å². The molecule has 0 heterocycles. The van der Waals surface area contributed by atoms with Gasteiger partial charge in [0, 0.05) is 12.8 Å². The van der Waals surface area contributed by atoms with Gasteiger partial charge in [0.1, 0.15) is 18.1 Å². The molecule has 0 rings (SSSR count). The number of primary amides is 2. The second-order valence-corrected chi connectivity index (χ2v) is 7.90. The van der Waals surface area contributed by atoms with Crippen LogP contribution in [0.15, 0.2) is 0 Å². The monoisotopic (exact) mass is 488 g/mol. The third kappa shape index (κ3) is 11.8. The summed E-state index contributed by atoms with van der Waals surface area (Å²) in [5.74, 6) is -7.78. The molecule has 0 saturated heterocycles.